The van der Waals surface area contributed by atoms with Crippen LogP contribution in [0.2, 0.25) is 0 Å². The first-order chi connectivity index (χ1) is 12.1. The molecule has 2 aromatic carbocycles. The van der Waals surface area contributed by atoms with Gasteiger partial charge >= 0.3 is 0 Å². The average molecular weight is 339 g/mol. The molecule has 2 N–H and O–H groups in total. The fourth-order valence-corrected chi connectivity index (χ4v) is 2.49. The number of benzene rings is 2. The van der Waals surface area contributed by atoms with Crippen LogP contribution in [0.4, 0.5) is 10.1 Å². The maximum Gasteiger partial charge on any atom is 0.227 e. The lowest BCUT2D eigenvalue weighted by Crippen LogP contribution is -2.15. The Kier molecular flexibility index (Phi) is 5.20. The molecule has 1 atom stereocenters. The van der Waals surface area contributed by atoms with Gasteiger partial charge in [-0.15, -0.1) is 0 Å². The number of carbonyl (C=O) groups excluding carboxylic acids is 1. The summed E-state index contributed by atoms with van der Waals surface area (Å²) in [4.78, 5) is 12.0. The van der Waals surface area contributed by atoms with Crippen molar-refractivity contribution in [3.05, 3.63) is 83.9 Å². The van der Waals surface area contributed by atoms with Crippen molar-refractivity contribution in [1.29, 1.82) is 0 Å². The Bertz CT molecular complexity index is 832. The van der Waals surface area contributed by atoms with Gasteiger partial charge in [0.15, 0.2) is 0 Å². The van der Waals surface area contributed by atoms with Gasteiger partial charge in [-0.25, -0.2) is 4.39 Å². The van der Waals surface area contributed by atoms with Gasteiger partial charge < -0.3 is 10.4 Å². The molecule has 3 aromatic rings. The molecular formula is C19H18FN3O2. The van der Waals surface area contributed by atoms with Gasteiger partial charge in [-0.05, 0) is 41.5 Å². The Hall–Kier alpha value is -2.99. The number of nitrogens with one attached hydrogen (secondary N) is 1. The molecule has 0 aliphatic rings. The summed E-state index contributed by atoms with van der Waals surface area (Å²) in [6.07, 6.45) is 2.41. The second-order valence-electron chi connectivity index (χ2n) is 5.72. The van der Waals surface area contributed by atoms with Gasteiger partial charge in [0, 0.05) is 18.1 Å². The number of amides is 1. The van der Waals surface area contributed by atoms with Crippen LogP contribution < -0.4 is 5.32 Å². The number of anilines is 1. The van der Waals surface area contributed by atoms with E-state index in [0.717, 1.165) is 5.56 Å². The van der Waals surface area contributed by atoms with E-state index in [1.807, 2.05) is 29.1 Å². The molecule has 1 aromatic heterocycles. The van der Waals surface area contributed by atoms with Crippen molar-refractivity contribution in [2.24, 2.45) is 0 Å². The van der Waals surface area contributed by atoms with Crippen molar-refractivity contribution in [3.8, 4) is 0 Å². The number of aliphatic hydroxyl groups is 1. The van der Waals surface area contributed by atoms with Gasteiger partial charge in [0.05, 0.1) is 19.1 Å². The second-order valence-corrected chi connectivity index (χ2v) is 5.72. The summed E-state index contributed by atoms with van der Waals surface area (Å²) in [6.45, 7) is 0.652. The number of aliphatic hydroxyl groups excluding tert-OH is 1. The minimum Gasteiger partial charge on any atom is -0.388 e. The normalized spacial score (nSPS) is 11.9. The zero-order valence-electron chi connectivity index (χ0n) is 13.5. The van der Waals surface area contributed by atoms with E-state index in [9.17, 15) is 14.3 Å². The zero-order chi connectivity index (χ0) is 17.6. The molecule has 0 radical (unpaired) electrons. The summed E-state index contributed by atoms with van der Waals surface area (Å²) in [5.41, 5.74) is 2.08. The van der Waals surface area contributed by atoms with E-state index < -0.39 is 11.9 Å². The number of halogens is 1. The van der Waals surface area contributed by atoms with Gasteiger partial charge in [-0.1, -0.05) is 24.3 Å². The van der Waals surface area contributed by atoms with Crippen LogP contribution in [0.5, 0.6) is 0 Å². The first kappa shape index (κ1) is 16.9. The highest BCUT2D eigenvalue weighted by molar-refractivity contribution is 5.91. The van der Waals surface area contributed by atoms with Crippen LogP contribution >= 0.6 is 0 Å². The third-order valence-corrected chi connectivity index (χ3v) is 3.75. The number of hydrogen-bond donors (Lipinski definition) is 2. The number of hydrogen-bond acceptors (Lipinski definition) is 3. The molecular weight excluding hydrogens is 321 g/mol. The van der Waals surface area contributed by atoms with Crippen LogP contribution in [0, 0.1) is 5.82 Å². The molecule has 0 saturated carbocycles. The molecule has 0 aliphatic carbocycles. The highest BCUT2D eigenvalue weighted by Crippen LogP contribution is 2.19. The molecule has 3 rings (SSSR count). The predicted octanol–water partition coefficient (Wildman–Crippen LogP) is 3.13. The van der Waals surface area contributed by atoms with E-state index in [2.05, 4.69) is 10.4 Å². The van der Waals surface area contributed by atoms with E-state index in [4.69, 9.17) is 0 Å². The largest absolute Gasteiger partial charge is 0.388 e. The van der Waals surface area contributed by atoms with Crippen LogP contribution in [-0.2, 0) is 11.3 Å². The third-order valence-electron chi connectivity index (χ3n) is 3.75. The summed E-state index contributed by atoms with van der Waals surface area (Å²) < 4.78 is 15.0. The summed E-state index contributed by atoms with van der Waals surface area (Å²) in [7, 11) is 0. The van der Waals surface area contributed by atoms with Crippen molar-refractivity contribution in [2.75, 3.05) is 5.32 Å². The zero-order valence-corrected chi connectivity index (χ0v) is 13.5. The highest BCUT2D eigenvalue weighted by atomic mass is 19.1. The fraction of sp³-hybridized carbons (Fsp3) is 0.158. The lowest BCUT2D eigenvalue weighted by atomic mass is 10.1. The van der Waals surface area contributed by atoms with E-state index >= 15 is 0 Å². The Morgan fingerprint density at radius 3 is 2.68 bits per heavy atom. The SMILES string of the molecule is O=C(CC(O)c1cccc(F)c1)Nc1ccc(Cn2cccn2)cc1. The summed E-state index contributed by atoms with van der Waals surface area (Å²) in [6, 6.07) is 14.9. The number of nitrogens with zero attached hydrogens (tertiary/aromatic N) is 2. The topological polar surface area (TPSA) is 67.2 Å². The standard InChI is InChI=1S/C19H18FN3O2/c20-16-4-1-3-15(11-16)18(24)12-19(25)22-17-7-5-14(6-8-17)13-23-10-2-9-21-23/h1-11,18,24H,12-13H2,(H,22,25). The Morgan fingerprint density at radius 2 is 2.00 bits per heavy atom. The van der Waals surface area contributed by atoms with Crippen molar-refractivity contribution in [2.45, 2.75) is 19.1 Å². The van der Waals surface area contributed by atoms with Crippen LogP contribution in [0.15, 0.2) is 67.0 Å². The lowest BCUT2D eigenvalue weighted by Gasteiger charge is -2.12. The van der Waals surface area contributed by atoms with Gasteiger partial charge in [-0.2, -0.15) is 5.10 Å². The van der Waals surface area contributed by atoms with Crippen LogP contribution in [-0.4, -0.2) is 20.8 Å². The second kappa shape index (κ2) is 7.72. The van der Waals surface area contributed by atoms with E-state index in [0.29, 0.717) is 17.8 Å². The van der Waals surface area contributed by atoms with Crippen LogP contribution in [0.3, 0.4) is 0 Å². The molecule has 25 heavy (non-hydrogen) atoms. The molecule has 0 saturated heterocycles. The Balaban J connectivity index is 1.55. The quantitative estimate of drug-likeness (QED) is 0.725. The average Bonchev–Trinajstić information content (AvgIpc) is 3.09. The van der Waals surface area contributed by atoms with Crippen molar-refractivity contribution < 1.29 is 14.3 Å². The minimum atomic E-state index is -1.05. The van der Waals surface area contributed by atoms with E-state index in [1.165, 1.54) is 18.2 Å². The molecule has 1 unspecified atom stereocenters. The first-order valence-electron chi connectivity index (χ1n) is 7.90. The van der Waals surface area contributed by atoms with Crippen LogP contribution in [0.1, 0.15) is 23.7 Å². The molecule has 0 spiro atoms. The Morgan fingerprint density at radius 1 is 1.20 bits per heavy atom. The molecule has 128 valence electrons. The van der Waals surface area contributed by atoms with Gasteiger partial charge in [0.1, 0.15) is 5.82 Å². The van der Waals surface area contributed by atoms with E-state index in [1.54, 1.807) is 24.4 Å². The van der Waals surface area contributed by atoms with Crippen molar-refractivity contribution in [1.82, 2.24) is 9.78 Å². The Labute approximate surface area is 144 Å². The minimum absolute atomic E-state index is 0.140. The van der Waals surface area contributed by atoms with Crippen molar-refractivity contribution >= 4 is 11.6 Å². The molecule has 0 aliphatic heterocycles. The summed E-state index contributed by atoms with van der Waals surface area (Å²) >= 11 is 0. The first-order valence-corrected chi connectivity index (χ1v) is 7.90. The maximum absolute atomic E-state index is 13.2. The van der Waals surface area contributed by atoms with Crippen molar-refractivity contribution in [3.63, 3.8) is 0 Å². The molecule has 1 amide bonds. The monoisotopic (exact) mass is 339 g/mol. The summed E-state index contributed by atoms with van der Waals surface area (Å²) in [5, 5.41) is 16.9. The van der Waals surface area contributed by atoms with Gasteiger partial charge in [0.25, 0.3) is 0 Å². The number of aromatic nitrogens is 2. The lowest BCUT2D eigenvalue weighted by molar-refractivity contribution is -0.118. The molecule has 0 fully saturated rings. The smallest absolute Gasteiger partial charge is 0.227 e. The highest BCUT2D eigenvalue weighted by Gasteiger charge is 2.13. The molecule has 5 nitrogen and oxygen atoms in total. The van der Waals surface area contributed by atoms with Gasteiger partial charge in [0.2, 0.25) is 5.91 Å². The number of carbonyl (C=O) groups is 1. The molecule has 6 heteroatoms. The van der Waals surface area contributed by atoms with E-state index in [-0.39, 0.29) is 12.3 Å². The van der Waals surface area contributed by atoms with Gasteiger partial charge in [-0.3, -0.25) is 9.48 Å². The number of rotatable bonds is 6. The third kappa shape index (κ3) is 4.74. The van der Waals surface area contributed by atoms with Crippen LogP contribution in [0.25, 0.3) is 0 Å². The molecule has 0 bridgehead atoms. The molecule has 1 heterocycles. The summed E-state index contributed by atoms with van der Waals surface area (Å²) in [5.74, 6) is -0.777. The maximum atomic E-state index is 13.2. The fourth-order valence-electron chi connectivity index (χ4n) is 2.49. The predicted molar refractivity (Wildman–Crippen MR) is 92.4 cm³/mol.